The molecule has 0 spiro atoms. The molecular formula is C21H19ClN2O5. The number of ether oxygens (including phenoxy) is 3. The van der Waals surface area contributed by atoms with Crippen LogP contribution in [0.3, 0.4) is 0 Å². The molecule has 0 aliphatic carbocycles. The highest BCUT2D eigenvalue weighted by atomic mass is 35.5. The second-order valence-corrected chi connectivity index (χ2v) is 6.02. The number of benzene rings is 2. The molecule has 0 aliphatic rings. The molecule has 7 nitrogen and oxygen atoms in total. The van der Waals surface area contributed by atoms with E-state index in [2.05, 4.69) is 5.32 Å². The smallest absolute Gasteiger partial charge is 0.348 e. The number of carbonyl (C=O) groups is 2. The molecule has 0 saturated heterocycles. The monoisotopic (exact) mass is 414 g/mol. The highest BCUT2D eigenvalue weighted by Gasteiger charge is 2.12. The van der Waals surface area contributed by atoms with Crippen molar-refractivity contribution in [3.63, 3.8) is 0 Å². The predicted molar refractivity (Wildman–Crippen MR) is 109 cm³/mol. The number of hydrogen-bond donors (Lipinski definition) is 1. The molecule has 1 amide bonds. The zero-order valence-electron chi connectivity index (χ0n) is 15.9. The van der Waals surface area contributed by atoms with Crippen molar-refractivity contribution in [3.05, 3.63) is 58.6 Å². The van der Waals surface area contributed by atoms with Crippen LogP contribution >= 0.6 is 11.6 Å². The van der Waals surface area contributed by atoms with Crippen LogP contribution in [0.5, 0.6) is 11.5 Å². The second-order valence-electron chi connectivity index (χ2n) is 5.62. The van der Waals surface area contributed by atoms with E-state index in [1.165, 1.54) is 13.2 Å². The molecule has 0 atom stereocenters. The molecule has 8 heteroatoms. The van der Waals surface area contributed by atoms with Gasteiger partial charge in [0.15, 0.2) is 18.1 Å². The van der Waals surface area contributed by atoms with Crippen molar-refractivity contribution in [1.29, 1.82) is 5.26 Å². The average molecular weight is 415 g/mol. The van der Waals surface area contributed by atoms with Crippen LogP contribution in [0.15, 0.2) is 48.0 Å². The zero-order valence-corrected chi connectivity index (χ0v) is 16.7. The minimum absolute atomic E-state index is 0.137. The fourth-order valence-electron chi connectivity index (χ4n) is 2.30. The van der Waals surface area contributed by atoms with E-state index in [0.717, 1.165) is 0 Å². The third-order valence-corrected chi connectivity index (χ3v) is 3.95. The van der Waals surface area contributed by atoms with E-state index in [4.69, 9.17) is 31.1 Å². The molecule has 0 heterocycles. The lowest BCUT2D eigenvalue weighted by Gasteiger charge is -2.12. The van der Waals surface area contributed by atoms with Gasteiger partial charge in [-0.25, -0.2) is 4.79 Å². The van der Waals surface area contributed by atoms with Crippen LogP contribution in [0.25, 0.3) is 6.08 Å². The number of methoxy groups -OCH3 is 1. The lowest BCUT2D eigenvalue weighted by molar-refractivity contribution is -0.137. The van der Waals surface area contributed by atoms with E-state index >= 15 is 0 Å². The number of para-hydroxylation sites is 1. The summed E-state index contributed by atoms with van der Waals surface area (Å²) in [5.41, 5.74) is 0.888. The van der Waals surface area contributed by atoms with E-state index in [1.54, 1.807) is 55.5 Å². The van der Waals surface area contributed by atoms with E-state index < -0.39 is 11.9 Å². The van der Waals surface area contributed by atoms with E-state index in [9.17, 15) is 9.59 Å². The van der Waals surface area contributed by atoms with Crippen molar-refractivity contribution in [1.82, 2.24) is 0 Å². The van der Waals surface area contributed by atoms with Gasteiger partial charge in [0, 0.05) is 0 Å². The minimum Gasteiger partial charge on any atom is -0.493 e. The molecule has 0 fully saturated rings. The van der Waals surface area contributed by atoms with Crippen molar-refractivity contribution in [3.8, 4) is 17.6 Å². The highest BCUT2D eigenvalue weighted by molar-refractivity contribution is 6.33. The average Bonchev–Trinajstić information content (AvgIpc) is 2.72. The fourth-order valence-corrected chi connectivity index (χ4v) is 2.48. The zero-order chi connectivity index (χ0) is 21.2. The lowest BCUT2D eigenvalue weighted by Crippen LogP contribution is -2.20. The molecule has 2 aromatic rings. The van der Waals surface area contributed by atoms with Crippen LogP contribution in [-0.4, -0.2) is 32.2 Å². The molecule has 0 aliphatic heterocycles. The number of halogens is 1. The summed E-state index contributed by atoms with van der Waals surface area (Å²) in [6, 6.07) is 13.4. The second kappa shape index (κ2) is 10.7. The van der Waals surface area contributed by atoms with Crippen LogP contribution in [0.4, 0.5) is 5.69 Å². The molecule has 0 saturated carbocycles. The summed E-state index contributed by atoms with van der Waals surface area (Å²) in [7, 11) is 1.44. The van der Waals surface area contributed by atoms with Crippen LogP contribution < -0.4 is 14.8 Å². The summed E-state index contributed by atoms with van der Waals surface area (Å²) in [6.07, 6.45) is 1.38. The maximum atomic E-state index is 12.1. The Morgan fingerprint density at radius 3 is 2.62 bits per heavy atom. The van der Waals surface area contributed by atoms with Gasteiger partial charge in [-0.05, 0) is 42.8 Å². The standard InChI is InChI=1S/C21H19ClN2O5/c1-3-28-21(26)15(12-23)10-14-8-9-18(19(11-14)27-2)29-13-20(25)24-17-7-5-4-6-16(17)22/h4-11H,3,13H2,1-2H3,(H,24,25)/b15-10-. The van der Waals surface area contributed by atoms with Crippen LogP contribution in [0.1, 0.15) is 12.5 Å². The fraction of sp³-hybridized carbons (Fsp3) is 0.190. The summed E-state index contributed by atoms with van der Waals surface area (Å²) >= 11 is 6.01. The number of esters is 1. The molecule has 0 aromatic heterocycles. The first-order valence-electron chi connectivity index (χ1n) is 8.62. The summed E-state index contributed by atoms with van der Waals surface area (Å²) in [5.74, 6) is -0.428. The third kappa shape index (κ3) is 6.26. The third-order valence-electron chi connectivity index (χ3n) is 3.62. The Labute approximate surface area is 173 Å². The lowest BCUT2D eigenvalue weighted by atomic mass is 10.1. The Morgan fingerprint density at radius 2 is 1.97 bits per heavy atom. The van der Waals surface area contributed by atoms with Gasteiger partial charge in [-0.3, -0.25) is 4.79 Å². The number of anilines is 1. The predicted octanol–water partition coefficient (Wildman–Crippen LogP) is 3.84. The molecule has 29 heavy (non-hydrogen) atoms. The SMILES string of the molecule is CCOC(=O)/C(C#N)=C\c1ccc(OCC(=O)Nc2ccccc2Cl)c(OC)c1. The number of nitriles is 1. The first kappa shape index (κ1) is 21.8. The van der Waals surface area contributed by atoms with Gasteiger partial charge in [0.25, 0.3) is 5.91 Å². The van der Waals surface area contributed by atoms with E-state index in [0.29, 0.717) is 27.8 Å². The van der Waals surface area contributed by atoms with Gasteiger partial charge in [0.2, 0.25) is 0 Å². The molecule has 150 valence electrons. The number of rotatable bonds is 8. The Morgan fingerprint density at radius 1 is 1.21 bits per heavy atom. The summed E-state index contributed by atoms with van der Waals surface area (Å²) in [5, 5.41) is 12.2. The van der Waals surface area contributed by atoms with Gasteiger partial charge in [-0.1, -0.05) is 29.8 Å². The van der Waals surface area contributed by atoms with Gasteiger partial charge in [0.05, 0.1) is 24.4 Å². The summed E-state index contributed by atoms with van der Waals surface area (Å²) in [6.45, 7) is 1.57. The summed E-state index contributed by atoms with van der Waals surface area (Å²) in [4.78, 5) is 23.8. The number of nitrogens with one attached hydrogen (secondary N) is 1. The first-order valence-corrected chi connectivity index (χ1v) is 9.00. The van der Waals surface area contributed by atoms with Gasteiger partial charge >= 0.3 is 5.97 Å². The summed E-state index contributed by atoms with van der Waals surface area (Å²) < 4.78 is 15.6. The maximum Gasteiger partial charge on any atom is 0.348 e. The maximum absolute atomic E-state index is 12.1. The first-order chi connectivity index (χ1) is 14.0. The van der Waals surface area contributed by atoms with Gasteiger partial charge < -0.3 is 19.5 Å². The highest BCUT2D eigenvalue weighted by Crippen LogP contribution is 2.29. The van der Waals surface area contributed by atoms with Crippen molar-refractivity contribution in [2.75, 3.05) is 25.6 Å². The Kier molecular flexibility index (Phi) is 8.07. The topological polar surface area (TPSA) is 97.7 Å². The van der Waals surface area contributed by atoms with E-state index in [1.807, 2.05) is 0 Å². The molecule has 2 aromatic carbocycles. The Hall–Kier alpha value is -3.50. The van der Waals surface area contributed by atoms with E-state index in [-0.39, 0.29) is 18.8 Å². The molecule has 2 rings (SSSR count). The van der Waals surface area contributed by atoms with Crippen LogP contribution in [-0.2, 0) is 14.3 Å². The largest absolute Gasteiger partial charge is 0.493 e. The van der Waals surface area contributed by atoms with Crippen molar-refractivity contribution in [2.45, 2.75) is 6.92 Å². The van der Waals surface area contributed by atoms with Gasteiger partial charge in [0.1, 0.15) is 11.6 Å². The molecular weight excluding hydrogens is 396 g/mol. The quantitative estimate of drug-likeness (QED) is 0.400. The Balaban J connectivity index is 2.09. The number of carbonyl (C=O) groups excluding carboxylic acids is 2. The normalized spacial score (nSPS) is 10.6. The van der Waals surface area contributed by atoms with Crippen molar-refractivity contribution < 1.29 is 23.8 Å². The molecule has 0 bridgehead atoms. The number of hydrogen-bond acceptors (Lipinski definition) is 6. The van der Waals surface area contributed by atoms with Crippen LogP contribution in [0, 0.1) is 11.3 Å². The van der Waals surface area contributed by atoms with Crippen LogP contribution in [0.2, 0.25) is 5.02 Å². The van der Waals surface area contributed by atoms with Gasteiger partial charge in [-0.15, -0.1) is 0 Å². The van der Waals surface area contributed by atoms with Crippen molar-refractivity contribution in [2.24, 2.45) is 0 Å². The minimum atomic E-state index is -0.703. The number of amides is 1. The van der Waals surface area contributed by atoms with Crippen molar-refractivity contribution >= 4 is 35.2 Å². The molecule has 0 radical (unpaired) electrons. The number of nitrogens with zero attached hydrogens (tertiary/aromatic N) is 1. The molecule has 0 unspecified atom stereocenters. The molecule has 1 N–H and O–H groups in total. The Bertz CT molecular complexity index is 966. The van der Waals surface area contributed by atoms with Gasteiger partial charge in [-0.2, -0.15) is 5.26 Å².